The minimum absolute atomic E-state index is 0.158. The first kappa shape index (κ1) is 11.7. The molecule has 0 bridgehead atoms. The van der Waals surface area contributed by atoms with E-state index in [0.717, 1.165) is 36.5 Å². The first-order chi connectivity index (χ1) is 7.81. The first-order valence-electron chi connectivity index (χ1n) is 5.57. The third kappa shape index (κ3) is 2.66. The Morgan fingerprint density at radius 1 is 1.38 bits per heavy atom. The molecule has 1 fully saturated rings. The molecule has 1 aromatic carbocycles. The number of ketones is 1. The van der Waals surface area contributed by atoms with Crippen LogP contribution in [0.1, 0.15) is 23.2 Å². The summed E-state index contributed by atoms with van der Waals surface area (Å²) in [5, 5.41) is 0. The molecule has 0 saturated carbocycles. The second kappa shape index (κ2) is 5.51. The van der Waals surface area contributed by atoms with E-state index in [1.165, 1.54) is 0 Å². The highest BCUT2D eigenvalue weighted by Crippen LogP contribution is 2.22. The Kier molecular flexibility index (Phi) is 4.02. The zero-order valence-electron chi connectivity index (χ0n) is 9.44. The molecular formula is C13H16O2S. The van der Waals surface area contributed by atoms with E-state index >= 15 is 0 Å². The summed E-state index contributed by atoms with van der Waals surface area (Å²) in [5.74, 6) is 0.435. The number of hydrogen-bond donors (Lipinski definition) is 0. The molecule has 1 heterocycles. The SMILES string of the molecule is CSc1cccc(C(=O)C2CCOCC2)c1. The minimum Gasteiger partial charge on any atom is -0.381 e. The van der Waals surface area contributed by atoms with Crippen LogP contribution >= 0.6 is 11.8 Å². The molecule has 0 aromatic heterocycles. The van der Waals surface area contributed by atoms with Gasteiger partial charge < -0.3 is 4.74 Å². The van der Waals surface area contributed by atoms with E-state index in [1.54, 1.807) is 11.8 Å². The van der Waals surface area contributed by atoms with Crippen LogP contribution in [-0.4, -0.2) is 25.3 Å². The molecule has 86 valence electrons. The fourth-order valence-corrected chi connectivity index (χ4v) is 2.43. The second-order valence-corrected chi connectivity index (χ2v) is 4.86. The molecule has 16 heavy (non-hydrogen) atoms. The zero-order chi connectivity index (χ0) is 11.4. The van der Waals surface area contributed by atoms with Crippen molar-refractivity contribution in [2.24, 2.45) is 5.92 Å². The maximum atomic E-state index is 12.2. The largest absolute Gasteiger partial charge is 0.381 e. The Bertz CT molecular complexity index is 370. The molecule has 3 heteroatoms. The van der Waals surface area contributed by atoms with Crippen LogP contribution in [0.3, 0.4) is 0 Å². The van der Waals surface area contributed by atoms with Crippen molar-refractivity contribution >= 4 is 17.5 Å². The Labute approximate surface area is 100 Å². The number of thioether (sulfide) groups is 1. The van der Waals surface area contributed by atoms with Gasteiger partial charge >= 0.3 is 0 Å². The van der Waals surface area contributed by atoms with Crippen molar-refractivity contribution in [1.82, 2.24) is 0 Å². The molecule has 0 unspecified atom stereocenters. The zero-order valence-corrected chi connectivity index (χ0v) is 10.3. The quantitative estimate of drug-likeness (QED) is 0.596. The lowest BCUT2D eigenvalue weighted by Crippen LogP contribution is -2.23. The third-order valence-corrected chi connectivity index (χ3v) is 3.67. The van der Waals surface area contributed by atoms with Crippen LogP contribution in [0.5, 0.6) is 0 Å². The highest BCUT2D eigenvalue weighted by molar-refractivity contribution is 7.98. The van der Waals surface area contributed by atoms with Crippen LogP contribution in [0, 0.1) is 5.92 Å². The molecule has 1 aliphatic heterocycles. The number of rotatable bonds is 3. The maximum absolute atomic E-state index is 12.2. The molecule has 0 N–H and O–H groups in total. The summed E-state index contributed by atoms with van der Waals surface area (Å²) in [6, 6.07) is 7.89. The highest BCUT2D eigenvalue weighted by atomic mass is 32.2. The van der Waals surface area contributed by atoms with Gasteiger partial charge in [0.25, 0.3) is 0 Å². The Morgan fingerprint density at radius 3 is 2.81 bits per heavy atom. The van der Waals surface area contributed by atoms with Gasteiger partial charge in [0.2, 0.25) is 0 Å². The maximum Gasteiger partial charge on any atom is 0.166 e. The van der Waals surface area contributed by atoms with Crippen LogP contribution in [-0.2, 0) is 4.74 Å². The van der Waals surface area contributed by atoms with E-state index in [4.69, 9.17) is 4.74 Å². The van der Waals surface area contributed by atoms with Crippen LogP contribution in [0.25, 0.3) is 0 Å². The predicted molar refractivity (Wildman–Crippen MR) is 66.1 cm³/mol. The molecule has 2 rings (SSSR count). The van der Waals surface area contributed by atoms with E-state index < -0.39 is 0 Å². The molecule has 0 amide bonds. The lowest BCUT2D eigenvalue weighted by Gasteiger charge is -2.20. The predicted octanol–water partition coefficient (Wildman–Crippen LogP) is 3.02. The molecule has 1 aromatic rings. The molecule has 0 spiro atoms. The summed E-state index contributed by atoms with van der Waals surface area (Å²) in [6.07, 6.45) is 3.75. The van der Waals surface area contributed by atoms with Crippen LogP contribution < -0.4 is 0 Å². The Balaban J connectivity index is 2.12. The van der Waals surface area contributed by atoms with Gasteiger partial charge in [-0.3, -0.25) is 4.79 Å². The highest BCUT2D eigenvalue weighted by Gasteiger charge is 2.22. The van der Waals surface area contributed by atoms with Crippen LogP contribution in [0.15, 0.2) is 29.2 Å². The minimum atomic E-state index is 0.158. The van der Waals surface area contributed by atoms with Crippen molar-refractivity contribution in [2.45, 2.75) is 17.7 Å². The standard InChI is InChI=1S/C13H16O2S/c1-16-12-4-2-3-11(9-12)13(14)10-5-7-15-8-6-10/h2-4,9-10H,5-8H2,1H3. The van der Waals surface area contributed by atoms with Crippen LogP contribution in [0.4, 0.5) is 0 Å². The lowest BCUT2D eigenvalue weighted by molar-refractivity contribution is 0.0544. The van der Waals surface area contributed by atoms with Crippen LogP contribution in [0.2, 0.25) is 0 Å². The second-order valence-electron chi connectivity index (χ2n) is 3.98. The third-order valence-electron chi connectivity index (χ3n) is 2.95. The fourth-order valence-electron chi connectivity index (χ4n) is 1.97. The summed E-state index contributed by atoms with van der Waals surface area (Å²) in [5.41, 5.74) is 0.846. The summed E-state index contributed by atoms with van der Waals surface area (Å²) in [4.78, 5) is 13.4. The molecule has 1 saturated heterocycles. The van der Waals surface area contributed by atoms with E-state index in [2.05, 4.69) is 0 Å². The van der Waals surface area contributed by atoms with Gasteiger partial charge in [-0.05, 0) is 31.2 Å². The molecule has 0 atom stereocenters. The normalized spacial score (nSPS) is 17.3. The van der Waals surface area contributed by atoms with Crippen molar-refractivity contribution in [3.8, 4) is 0 Å². The monoisotopic (exact) mass is 236 g/mol. The van der Waals surface area contributed by atoms with Crippen molar-refractivity contribution in [1.29, 1.82) is 0 Å². The van der Waals surface area contributed by atoms with Crippen molar-refractivity contribution in [3.05, 3.63) is 29.8 Å². The number of ether oxygens (including phenoxy) is 1. The molecule has 0 aliphatic carbocycles. The van der Waals surface area contributed by atoms with Gasteiger partial charge in [0.05, 0.1) is 0 Å². The Hall–Kier alpha value is -0.800. The van der Waals surface area contributed by atoms with Gasteiger partial charge in [0, 0.05) is 29.6 Å². The van der Waals surface area contributed by atoms with Gasteiger partial charge in [-0.15, -0.1) is 11.8 Å². The van der Waals surface area contributed by atoms with E-state index in [9.17, 15) is 4.79 Å². The summed E-state index contributed by atoms with van der Waals surface area (Å²) < 4.78 is 5.27. The van der Waals surface area contributed by atoms with Crippen molar-refractivity contribution < 1.29 is 9.53 Å². The summed E-state index contributed by atoms with van der Waals surface area (Å²) >= 11 is 1.67. The average Bonchev–Trinajstić information content (AvgIpc) is 2.39. The number of Topliss-reactive ketones (excluding diaryl/α,β-unsaturated/α-hetero) is 1. The first-order valence-corrected chi connectivity index (χ1v) is 6.80. The van der Waals surface area contributed by atoms with E-state index in [0.29, 0.717) is 0 Å². The van der Waals surface area contributed by atoms with Crippen molar-refractivity contribution in [3.63, 3.8) is 0 Å². The number of carbonyl (C=O) groups is 1. The molecule has 2 nitrogen and oxygen atoms in total. The molecule has 1 aliphatic rings. The van der Waals surface area contributed by atoms with Crippen molar-refractivity contribution in [2.75, 3.05) is 19.5 Å². The summed E-state index contributed by atoms with van der Waals surface area (Å²) in [7, 11) is 0. The van der Waals surface area contributed by atoms with Gasteiger partial charge in [-0.1, -0.05) is 12.1 Å². The summed E-state index contributed by atoms with van der Waals surface area (Å²) in [6.45, 7) is 1.44. The van der Waals surface area contributed by atoms with Gasteiger partial charge in [0.1, 0.15) is 0 Å². The molecular weight excluding hydrogens is 220 g/mol. The number of carbonyl (C=O) groups excluding carboxylic acids is 1. The molecule has 0 radical (unpaired) electrons. The Morgan fingerprint density at radius 2 is 2.12 bits per heavy atom. The van der Waals surface area contributed by atoms with Gasteiger partial charge in [-0.2, -0.15) is 0 Å². The topological polar surface area (TPSA) is 26.3 Å². The van der Waals surface area contributed by atoms with E-state index in [-0.39, 0.29) is 11.7 Å². The smallest absolute Gasteiger partial charge is 0.166 e. The van der Waals surface area contributed by atoms with Gasteiger partial charge in [0.15, 0.2) is 5.78 Å². The number of hydrogen-bond acceptors (Lipinski definition) is 3. The fraction of sp³-hybridized carbons (Fsp3) is 0.462. The number of benzene rings is 1. The van der Waals surface area contributed by atoms with Gasteiger partial charge in [-0.25, -0.2) is 0 Å². The lowest BCUT2D eigenvalue weighted by atomic mass is 9.91. The average molecular weight is 236 g/mol. The van der Waals surface area contributed by atoms with E-state index in [1.807, 2.05) is 30.5 Å².